The van der Waals surface area contributed by atoms with Crippen molar-refractivity contribution in [3.8, 4) is 11.5 Å². The van der Waals surface area contributed by atoms with Crippen LogP contribution in [0, 0.1) is 5.82 Å². The van der Waals surface area contributed by atoms with E-state index in [-0.39, 0.29) is 18.3 Å². The number of aliphatic carboxylic acids is 1. The van der Waals surface area contributed by atoms with Crippen molar-refractivity contribution in [1.82, 2.24) is 4.98 Å². The predicted molar refractivity (Wildman–Crippen MR) is 63.8 cm³/mol. The number of carboxylic acids is 1. The van der Waals surface area contributed by atoms with E-state index in [1.54, 1.807) is 12.1 Å². The number of oxazole rings is 1. The third-order valence-electron chi connectivity index (χ3n) is 2.45. The highest BCUT2D eigenvalue weighted by Crippen LogP contribution is 2.19. The predicted octanol–water partition coefficient (Wildman–Crippen LogP) is 2.47. The summed E-state index contributed by atoms with van der Waals surface area (Å²) in [5.74, 6) is -1.16. The minimum Gasteiger partial charge on any atom is -0.479 e. The van der Waals surface area contributed by atoms with Gasteiger partial charge in [-0.2, -0.15) is 0 Å². The van der Waals surface area contributed by atoms with Crippen molar-refractivity contribution in [2.45, 2.75) is 19.6 Å². The number of halogens is 1. The normalized spacial score (nSPS) is 12.3. The van der Waals surface area contributed by atoms with Crippen LogP contribution in [0.15, 0.2) is 34.9 Å². The van der Waals surface area contributed by atoms with Crippen LogP contribution in [0.5, 0.6) is 0 Å². The first-order valence-electron chi connectivity index (χ1n) is 5.61. The Bertz CT molecular complexity index is 582. The zero-order valence-electron chi connectivity index (χ0n) is 10.2. The van der Waals surface area contributed by atoms with E-state index in [4.69, 9.17) is 14.3 Å². The lowest BCUT2D eigenvalue weighted by atomic mass is 10.2. The molecule has 100 valence electrons. The second-order valence-corrected chi connectivity index (χ2v) is 3.95. The lowest BCUT2D eigenvalue weighted by Crippen LogP contribution is -2.19. The van der Waals surface area contributed by atoms with Crippen LogP contribution >= 0.6 is 0 Å². The summed E-state index contributed by atoms with van der Waals surface area (Å²) in [5, 5.41) is 8.66. The van der Waals surface area contributed by atoms with Crippen molar-refractivity contribution in [1.29, 1.82) is 0 Å². The number of ether oxygens (including phenoxy) is 1. The van der Waals surface area contributed by atoms with Gasteiger partial charge < -0.3 is 14.3 Å². The molecule has 2 aromatic rings. The van der Waals surface area contributed by atoms with Gasteiger partial charge in [-0.3, -0.25) is 0 Å². The Balaban J connectivity index is 2.05. The average Bonchev–Trinajstić information content (AvgIpc) is 2.84. The van der Waals surface area contributed by atoms with Crippen molar-refractivity contribution in [2.75, 3.05) is 0 Å². The number of hydrogen-bond acceptors (Lipinski definition) is 4. The minimum atomic E-state index is -1.05. The van der Waals surface area contributed by atoms with Gasteiger partial charge in [0.2, 0.25) is 5.89 Å². The number of carbonyl (C=O) groups is 1. The summed E-state index contributed by atoms with van der Waals surface area (Å²) in [6.45, 7) is 1.45. The van der Waals surface area contributed by atoms with E-state index >= 15 is 0 Å². The molecular formula is C13H12FNO4. The molecule has 0 spiro atoms. The van der Waals surface area contributed by atoms with Crippen molar-refractivity contribution in [3.05, 3.63) is 42.0 Å². The molecule has 0 amide bonds. The molecule has 5 nitrogen and oxygen atoms in total. The molecule has 1 atom stereocenters. The molecule has 0 aliphatic carbocycles. The summed E-state index contributed by atoms with van der Waals surface area (Å²) in [4.78, 5) is 14.7. The van der Waals surface area contributed by atoms with Crippen LogP contribution in [-0.2, 0) is 16.1 Å². The Morgan fingerprint density at radius 2 is 2.37 bits per heavy atom. The molecule has 0 saturated heterocycles. The Kier molecular flexibility index (Phi) is 3.91. The van der Waals surface area contributed by atoms with Crippen LogP contribution in [0.4, 0.5) is 4.39 Å². The van der Waals surface area contributed by atoms with Crippen molar-refractivity contribution < 1.29 is 23.4 Å². The molecule has 1 aromatic carbocycles. The number of benzene rings is 1. The molecule has 0 fully saturated rings. The van der Waals surface area contributed by atoms with E-state index in [1.165, 1.54) is 25.3 Å². The molecule has 1 unspecified atom stereocenters. The summed E-state index contributed by atoms with van der Waals surface area (Å²) in [6, 6.07) is 5.85. The van der Waals surface area contributed by atoms with Gasteiger partial charge in [0.15, 0.2) is 6.10 Å². The molecule has 19 heavy (non-hydrogen) atoms. The molecule has 0 bridgehead atoms. The van der Waals surface area contributed by atoms with E-state index in [2.05, 4.69) is 4.98 Å². The zero-order valence-corrected chi connectivity index (χ0v) is 10.2. The first-order chi connectivity index (χ1) is 9.06. The van der Waals surface area contributed by atoms with Gasteiger partial charge >= 0.3 is 5.97 Å². The summed E-state index contributed by atoms with van der Waals surface area (Å²) < 4.78 is 23.3. The molecule has 1 aromatic heterocycles. The van der Waals surface area contributed by atoms with Crippen molar-refractivity contribution in [3.63, 3.8) is 0 Å². The van der Waals surface area contributed by atoms with Crippen LogP contribution in [0.1, 0.15) is 12.6 Å². The maximum Gasteiger partial charge on any atom is 0.332 e. The molecule has 0 aliphatic heterocycles. The quantitative estimate of drug-likeness (QED) is 0.899. The number of nitrogens with zero attached hydrogens (tertiary/aromatic N) is 1. The topological polar surface area (TPSA) is 72.6 Å². The standard InChI is InChI=1S/C13H12FNO4/c1-8(13(16)17)18-6-11-7-19-12(15-11)9-3-2-4-10(14)5-9/h2-5,7-8H,6H2,1H3,(H,16,17). The molecule has 2 rings (SSSR count). The van der Waals surface area contributed by atoms with E-state index in [0.29, 0.717) is 11.3 Å². The van der Waals surface area contributed by atoms with E-state index in [9.17, 15) is 9.18 Å². The van der Waals surface area contributed by atoms with E-state index in [1.807, 2.05) is 0 Å². The maximum absolute atomic E-state index is 13.0. The Morgan fingerprint density at radius 3 is 3.05 bits per heavy atom. The fraction of sp³-hybridized carbons (Fsp3) is 0.231. The Morgan fingerprint density at radius 1 is 1.58 bits per heavy atom. The van der Waals surface area contributed by atoms with E-state index < -0.39 is 12.1 Å². The monoisotopic (exact) mass is 265 g/mol. The second-order valence-electron chi connectivity index (χ2n) is 3.95. The van der Waals surface area contributed by atoms with Gasteiger partial charge in [-0.25, -0.2) is 14.2 Å². The summed E-state index contributed by atoms with van der Waals surface area (Å²) >= 11 is 0. The fourth-order valence-electron chi connectivity index (χ4n) is 1.41. The average molecular weight is 265 g/mol. The molecule has 6 heteroatoms. The number of rotatable bonds is 5. The van der Waals surface area contributed by atoms with Gasteiger partial charge in [0, 0.05) is 5.56 Å². The fourth-order valence-corrected chi connectivity index (χ4v) is 1.41. The third-order valence-corrected chi connectivity index (χ3v) is 2.45. The first kappa shape index (κ1) is 13.2. The van der Waals surface area contributed by atoms with Gasteiger partial charge in [-0.15, -0.1) is 0 Å². The molecule has 1 heterocycles. The van der Waals surface area contributed by atoms with Gasteiger partial charge in [0.25, 0.3) is 0 Å². The molecule has 0 aliphatic rings. The number of hydrogen-bond donors (Lipinski definition) is 1. The smallest absolute Gasteiger partial charge is 0.332 e. The Labute approximate surface area is 108 Å². The lowest BCUT2D eigenvalue weighted by molar-refractivity contribution is -0.149. The van der Waals surface area contributed by atoms with Crippen LogP contribution in [-0.4, -0.2) is 22.2 Å². The van der Waals surface area contributed by atoms with Gasteiger partial charge in [-0.05, 0) is 25.1 Å². The van der Waals surface area contributed by atoms with Crippen LogP contribution in [0.2, 0.25) is 0 Å². The lowest BCUT2D eigenvalue weighted by Gasteiger charge is -2.05. The summed E-state index contributed by atoms with van der Waals surface area (Å²) in [7, 11) is 0. The summed E-state index contributed by atoms with van der Waals surface area (Å²) in [5.41, 5.74) is 0.963. The summed E-state index contributed by atoms with van der Waals surface area (Å²) in [6.07, 6.45) is 0.434. The molecule has 0 radical (unpaired) electrons. The van der Waals surface area contributed by atoms with Crippen molar-refractivity contribution >= 4 is 5.97 Å². The Hall–Kier alpha value is -2.21. The highest BCUT2D eigenvalue weighted by atomic mass is 19.1. The molecular weight excluding hydrogens is 253 g/mol. The largest absolute Gasteiger partial charge is 0.479 e. The highest BCUT2D eigenvalue weighted by molar-refractivity contribution is 5.71. The zero-order chi connectivity index (χ0) is 13.8. The van der Waals surface area contributed by atoms with Gasteiger partial charge in [0.05, 0.1) is 6.61 Å². The number of carboxylic acid groups (broad SMARTS) is 1. The van der Waals surface area contributed by atoms with Gasteiger partial charge in [-0.1, -0.05) is 6.07 Å². The van der Waals surface area contributed by atoms with Crippen LogP contribution in [0.25, 0.3) is 11.5 Å². The molecule has 0 saturated carbocycles. The highest BCUT2D eigenvalue weighted by Gasteiger charge is 2.13. The second kappa shape index (κ2) is 5.62. The van der Waals surface area contributed by atoms with E-state index in [0.717, 1.165) is 0 Å². The van der Waals surface area contributed by atoms with Gasteiger partial charge in [0.1, 0.15) is 17.8 Å². The van der Waals surface area contributed by atoms with Crippen LogP contribution in [0.3, 0.4) is 0 Å². The molecule has 1 N–H and O–H groups in total. The SMILES string of the molecule is CC(OCc1coc(-c2cccc(F)c2)n1)C(=O)O. The third kappa shape index (κ3) is 3.38. The first-order valence-corrected chi connectivity index (χ1v) is 5.61. The van der Waals surface area contributed by atoms with Crippen LogP contribution < -0.4 is 0 Å². The maximum atomic E-state index is 13.0. The number of aromatic nitrogens is 1. The minimum absolute atomic E-state index is 0.0201. The van der Waals surface area contributed by atoms with Crippen molar-refractivity contribution in [2.24, 2.45) is 0 Å².